The van der Waals surface area contributed by atoms with Gasteiger partial charge in [0.25, 0.3) is 0 Å². The highest BCUT2D eigenvalue weighted by Gasteiger charge is 2.27. The number of carbonyl (C=O) groups excluding carboxylic acids is 1. The van der Waals surface area contributed by atoms with Crippen molar-refractivity contribution in [1.29, 1.82) is 5.26 Å². The van der Waals surface area contributed by atoms with Gasteiger partial charge in [0.05, 0.1) is 27.7 Å². The van der Waals surface area contributed by atoms with E-state index >= 15 is 0 Å². The smallest absolute Gasteiger partial charge is 0.319 e. The molecule has 0 spiro atoms. The zero-order valence-corrected chi connectivity index (χ0v) is 19.6. The maximum Gasteiger partial charge on any atom is 0.319 e. The van der Waals surface area contributed by atoms with Crippen molar-refractivity contribution < 1.29 is 13.2 Å². The van der Waals surface area contributed by atoms with Crippen LogP contribution in [0.1, 0.15) is 17.7 Å². The molecular weight excluding hydrogens is 452 g/mol. The molecule has 2 aromatic carbocycles. The van der Waals surface area contributed by atoms with Gasteiger partial charge in [-0.15, -0.1) is 0 Å². The maximum atomic E-state index is 12.6. The number of benzene rings is 2. The summed E-state index contributed by atoms with van der Waals surface area (Å²) in [5, 5.41) is 15.5. The Morgan fingerprint density at radius 1 is 1.21 bits per heavy atom. The molecule has 0 saturated carbocycles. The molecule has 0 aliphatic carbocycles. The van der Waals surface area contributed by atoms with E-state index in [2.05, 4.69) is 25.2 Å². The Morgan fingerprint density at radius 2 is 1.97 bits per heavy atom. The maximum absolute atomic E-state index is 12.6. The molecule has 34 heavy (non-hydrogen) atoms. The number of nitrogens with zero attached hydrogens (tertiary/aromatic N) is 3. The molecule has 1 fully saturated rings. The fraction of sp³-hybridized carbons (Fsp3) is 0.292. The van der Waals surface area contributed by atoms with E-state index in [1.54, 1.807) is 0 Å². The van der Waals surface area contributed by atoms with Crippen LogP contribution in [0.4, 0.5) is 10.5 Å². The Kier molecular flexibility index (Phi) is 7.07. The Labute approximate surface area is 198 Å². The van der Waals surface area contributed by atoms with Gasteiger partial charge in [-0.2, -0.15) is 5.26 Å². The third-order valence-corrected chi connectivity index (χ3v) is 7.23. The first kappa shape index (κ1) is 23.6. The lowest BCUT2D eigenvalue weighted by atomic mass is 10.1. The van der Waals surface area contributed by atoms with Gasteiger partial charge in [0, 0.05) is 36.8 Å². The van der Waals surface area contributed by atoms with Gasteiger partial charge in [-0.3, -0.25) is 9.88 Å². The Balaban J connectivity index is 1.25. The third kappa shape index (κ3) is 5.69. The number of pyridine rings is 1. The number of amides is 2. The van der Waals surface area contributed by atoms with Crippen LogP contribution in [0.3, 0.4) is 0 Å². The first-order valence-electron chi connectivity index (χ1n) is 11.0. The minimum Gasteiger partial charge on any atom is -0.337 e. The lowest BCUT2D eigenvalue weighted by Gasteiger charge is -2.17. The number of sulfonamides is 1. The molecule has 0 radical (unpaired) electrons. The van der Waals surface area contributed by atoms with Crippen molar-refractivity contribution in [3.05, 3.63) is 65.9 Å². The predicted octanol–water partition coefficient (Wildman–Crippen LogP) is 2.59. The van der Waals surface area contributed by atoms with Crippen molar-refractivity contribution in [2.45, 2.75) is 24.3 Å². The van der Waals surface area contributed by atoms with Crippen LogP contribution in [0.5, 0.6) is 0 Å². The fourth-order valence-electron chi connectivity index (χ4n) is 4.03. The number of para-hydroxylation sites is 1. The largest absolute Gasteiger partial charge is 0.337 e. The number of carbonyl (C=O) groups is 1. The van der Waals surface area contributed by atoms with Crippen molar-refractivity contribution in [3.8, 4) is 6.07 Å². The van der Waals surface area contributed by atoms with Gasteiger partial charge in [0.2, 0.25) is 10.0 Å². The van der Waals surface area contributed by atoms with E-state index in [1.165, 1.54) is 24.3 Å². The fourth-order valence-corrected chi connectivity index (χ4v) is 5.29. The van der Waals surface area contributed by atoms with E-state index in [9.17, 15) is 13.2 Å². The van der Waals surface area contributed by atoms with Gasteiger partial charge in [0.15, 0.2) is 0 Å². The summed E-state index contributed by atoms with van der Waals surface area (Å²) in [5.74, 6) is 0. The van der Waals surface area contributed by atoms with Crippen molar-refractivity contribution in [2.24, 2.45) is 0 Å². The zero-order valence-electron chi connectivity index (χ0n) is 18.8. The van der Waals surface area contributed by atoms with Crippen LogP contribution in [0.15, 0.2) is 59.5 Å². The normalized spacial score (nSPS) is 16.3. The summed E-state index contributed by atoms with van der Waals surface area (Å²) in [7, 11) is -3.65. The number of urea groups is 1. The van der Waals surface area contributed by atoms with Gasteiger partial charge in [-0.05, 0) is 56.3 Å². The van der Waals surface area contributed by atoms with Crippen molar-refractivity contribution in [1.82, 2.24) is 19.9 Å². The predicted molar refractivity (Wildman–Crippen MR) is 130 cm³/mol. The van der Waals surface area contributed by atoms with Crippen molar-refractivity contribution in [3.63, 3.8) is 0 Å². The van der Waals surface area contributed by atoms with Gasteiger partial charge >= 0.3 is 6.03 Å². The number of likely N-dealkylation sites (tertiary alicyclic amines) is 1. The number of anilines is 1. The first-order valence-corrected chi connectivity index (χ1v) is 12.5. The van der Waals surface area contributed by atoms with Gasteiger partial charge in [0.1, 0.15) is 0 Å². The first-order chi connectivity index (χ1) is 16.3. The summed E-state index contributed by atoms with van der Waals surface area (Å²) in [5.41, 5.74) is 2.76. The molecule has 2 amide bonds. The topological polar surface area (TPSA) is 127 Å². The number of hydrogen-bond acceptors (Lipinski definition) is 6. The average molecular weight is 479 g/mol. The third-order valence-electron chi connectivity index (χ3n) is 5.69. The summed E-state index contributed by atoms with van der Waals surface area (Å²) in [6.45, 7) is 4.22. The average Bonchev–Trinajstić information content (AvgIpc) is 3.25. The standard InChI is InChI=1S/C24H26N6O3S/c1-17-14-23(21-4-2-3-5-22(21)27-17)28-24(31)26-11-13-30-12-10-19(16-30)29-34(32,33)20-8-6-18(15-25)7-9-20/h2-9,14,19,29H,10-13,16H2,1H3,(H2,26,27,28,31). The van der Waals surface area contributed by atoms with Crippen LogP contribution < -0.4 is 15.4 Å². The van der Waals surface area contributed by atoms with Crippen LogP contribution in [-0.2, 0) is 10.0 Å². The van der Waals surface area contributed by atoms with E-state index in [0.717, 1.165) is 23.1 Å². The Morgan fingerprint density at radius 3 is 2.74 bits per heavy atom. The second-order valence-corrected chi connectivity index (χ2v) is 9.97. The van der Waals surface area contributed by atoms with E-state index in [-0.39, 0.29) is 17.0 Å². The number of fused-ring (bicyclic) bond motifs is 1. The molecule has 4 rings (SSSR count). The second kappa shape index (κ2) is 10.2. The molecule has 1 saturated heterocycles. The number of aromatic nitrogens is 1. The van der Waals surface area contributed by atoms with Gasteiger partial charge < -0.3 is 10.6 Å². The van der Waals surface area contributed by atoms with E-state index in [4.69, 9.17) is 5.26 Å². The molecule has 3 aromatic rings. The van der Waals surface area contributed by atoms with Crippen molar-refractivity contribution >= 4 is 32.6 Å². The molecule has 176 valence electrons. The highest BCUT2D eigenvalue weighted by Crippen LogP contribution is 2.22. The number of aryl methyl sites for hydroxylation is 1. The molecule has 3 N–H and O–H groups in total. The molecule has 9 nitrogen and oxygen atoms in total. The number of rotatable bonds is 7. The molecule has 1 aromatic heterocycles. The van der Waals surface area contributed by atoms with Crippen LogP contribution in [-0.4, -0.2) is 56.6 Å². The zero-order chi connectivity index (χ0) is 24.1. The molecule has 1 aliphatic rings. The second-order valence-electron chi connectivity index (χ2n) is 8.25. The summed E-state index contributed by atoms with van der Waals surface area (Å²) < 4.78 is 27.9. The molecule has 0 bridgehead atoms. The quantitative estimate of drug-likeness (QED) is 0.479. The molecule has 1 atom stereocenters. The Bertz CT molecular complexity index is 1340. The van der Waals surface area contributed by atoms with Crippen molar-refractivity contribution in [2.75, 3.05) is 31.5 Å². The monoisotopic (exact) mass is 478 g/mol. The number of nitrogens with one attached hydrogen (secondary N) is 3. The Hall–Kier alpha value is -3.52. The summed E-state index contributed by atoms with van der Waals surface area (Å²) in [6.07, 6.45) is 0.685. The molecule has 1 unspecified atom stereocenters. The van der Waals surface area contributed by atoms with Crippen LogP contribution in [0.25, 0.3) is 10.9 Å². The van der Waals surface area contributed by atoms with Crippen LogP contribution >= 0.6 is 0 Å². The summed E-state index contributed by atoms with van der Waals surface area (Å²) in [6, 6.07) is 16.8. The lowest BCUT2D eigenvalue weighted by Crippen LogP contribution is -2.39. The highest BCUT2D eigenvalue weighted by atomic mass is 32.2. The number of hydrogen-bond donors (Lipinski definition) is 3. The van der Waals surface area contributed by atoms with E-state index in [1.807, 2.05) is 43.3 Å². The molecule has 2 heterocycles. The minimum atomic E-state index is -3.65. The van der Waals surface area contributed by atoms with Gasteiger partial charge in [-0.1, -0.05) is 18.2 Å². The number of nitriles is 1. The SMILES string of the molecule is Cc1cc(NC(=O)NCCN2CCC(NS(=O)(=O)c3ccc(C#N)cc3)C2)c2ccccc2n1. The summed E-state index contributed by atoms with van der Waals surface area (Å²) in [4.78, 5) is 19.2. The van der Waals surface area contributed by atoms with E-state index < -0.39 is 10.0 Å². The highest BCUT2D eigenvalue weighted by molar-refractivity contribution is 7.89. The molecule has 1 aliphatic heterocycles. The van der Waals surface area contributed by atoms with Gasteiger partial charge in [-0.25, -0.2) is 17.9 Å². The van der Waals surface area contributed by atoms with E-state index in [0.29, 0.717) is 37.3 Å². The molecule has 10 heteroatoms. The summed E-state index contributed by atoms with van der Waals surface area (Å²) >= 11 is 0. The van der Waals surface area contributed by atoms with Crippen LogP contribution in [0, 0.1) is 18.3 Å². The molecular formula is C24H26N6O3S. The van der Waals surface area contributed by atoms with Crippen LogP contribution in [0.2, 0.25) is 0 Å². The minimum absolute atomic E-state index is 0.141. The lowest BCUT2D eigenvalue weighted by molar-refractivity contribution is 0.249.